The Bertz CT molecular complexity index is 349. The third-order valence-electron chi connectivity index (χ3n) is 5.71. The second-order valence-corrected chi connectivity index (χ2v) is 8.41. The molecule has 0 heterocycles. The molecule has 2 aliphatic rings. The van der Waals surface area contributed by atoms with Crippen LogP contribution >= 0.6 is 0 Å². The maximum Gasteiger partial charge on any atom is 0.223 e. The van der Waals surface area contributed by atoms with Crippen molar-refractivity contribution >= 4 is 5.91 Å². The Balaban J connectivity index is 1.69. The Morgan fingerprint density at radius 3 is 2.19 bits per heavy atom. The van der Waals surface area contributed by atoms with Crippen LogP contribution in [0.3, 0.4) is 0 Å². The number of amides is 1. The highest BCUT2D eigenvalue weighted by molar-refractivity contribution is 5.78. The van der Waals surface area contributed by atoms with Gasteiger partial charge in [0.1, 0.15) is 0 Å². The first-order chi connectivity index (χ1) is 9.79. The van der Waals surface area contributed by atoms with E-state index in [1.54, 1.807) is 0 Å². The van der Waals surface area contributed by atoms with Gasteiger partial charge < -0.3 is 5.32 Å². The third kappa shape index (κ3) is 4.70. The Morgan fingerprint density at radius 2 is 1.71 bits per heavy atom. The molecule has 0 saturated heterocycles. The number of nitrogens with one attached hydrogen (secondary N) is 1. The maximum absolute atomic E-state index is 12.3. The van der Waals surface area contributed by atoms with Crippen molar-refractivity contribution in [1.82, 2.24) is 10.2 Å². The van der Waals surface area contributed by atoms with Crippen LogP contribution in [0.15, 0.2) is 0 Å². The number of nitrogens with zero attached hydrogens (tertiary/aromatic N) is 1. The summed E-state index contributed by atoms with van der Waals surface area (Å²) in [6, 6.07) is 1.21. The van der Waals surface area contributed by atoms with E-state index in [0.717, 1.165) is 31.3 Å². The summed E-state index contributed by atoms with van der Waals surface area (Å²) in [7, 11) is 2.18. The largest absolute Gasteiger partial charge is 0.354 e. The predicted octanol–water partition coefficient (Wildman–Crippen LogP) is 3.44. The third-order valence-corrected chi connectivity index (χ3v) is 5.71. The summed E-state index contributed by atoms with van der Waals surface area (Å²) in [6.45, 7) is 9.99. The zero-order valence-electron chi connectivity index (χ0n) is 14.6. The average Bonchev–Trinajstić information content (AvgIpc) is 3.27. The van der Waals surface area contributed by atoms with Crippen LogP contribution in [0.25, 0.3) is 0 Å². The van der Waals surface area contributed by atoms with Crippen LogP contribution in [0.1, 0.15) is 66.2 Å². The van der Waals surface area contributed by atoms with Crippen LogP contribution in [0.2, 0.25) is 0 Å². The van der Waals surface area contributed by atoms with Gasteiger partial charge in [0.2, 0.25) is 5.91 Å². The van der Waals surface area contributed by atoms with Crippen LogP contribution < -0.4 is 5.32 Å². The lowest BCUT2D eigenvalue weighted by molar-refractivity contribution is -0.126. The summed E-state index contributed by atoms with van der Waals surface area (Å²) in [4.78, 5) is 14.8. The zero-order valence-corrected chi connectivity index (χ0v) is 14.6. The molecule has 2 fully saturated rings. The van der Waals surface area contributed by atoms with E-state index in [0.29, 0.717) is 17.4 Å². The normalized spacial score (nSPS) is 28.5. The minimum Gasteiger partial charge on any atom is -0.354 e. The number of carbonyl (C=O) groups is 1. The minimum absolute atomic E-state index is 0.252. The fourth-order valence-electron chi connectivity index (χ4n) is 3.60. The summed E-state index contributed by atoms with van der Waals surface area (Å²) in [5.41, 5.74) is 0.392. The number of hydrogen-bond donors (Lipinski definition) is 1. The molecule has 0 aromatic rings. The predicted molar refractivity (Wildman–Crippen MR) is 88.2 cm³/mol. The quantitative estimate of drug-likeness (QED) is 0.842. The van der Waals surface area contributed by atoms with Gasteiger partial charge in [0.15, 0.2) is 0 Å². The molecule has 1 N–H and O–H groups in total. The molecule has 2 saturated carbocycles. The van der Waals surface area contributed by atoms with Gasteiger partial charge >= 0.3 is 0 Å². The lowest BCUT2D eigenvalue weighted by Gasteiger charge is -2.36. The van der Waals surface area contributed by atoms with Gasteiger partial charge in [-0.3, -0.25) is 9.69 Å². The molecule has 21 heavy (non-hydrogen) atoms. The summed E-state index contributed by atoms with van der Waals surface area (Å²) in [5.74, 6) is 1.32. The lowest BCUT2D eigenvalue weighted by atomic mass is 9.69. The van der Waals surface area contributed by atoms with Gasteiger partial charge in [-0.2, -0.15) is 0 Å². The van der Waals surface area contributed by atoms with Crippen LogP contribution in [-0.4, -0.2) is 36.5 Å². The molecule has 0 aromatic carbocycles. The standard InChI is InChI=1S/C18H34N2O/c1-13(20(5)16-10-11-16)12-19-17(21)14-6-8-15(9-7-14)18(2,3)4/h13-16H,6-12H2,1-5H3,(H,19,21). The molecule has 122 valence electrons. The maximum atomic E-state index is 12.3. The lowest BCUT2D eigenvalue weighted by Crippen LogP contribution is -2.43. The van der Waals surface area contributed by atoms with E-state index >= 15 is 0 Å². The summed E-state index contributed by atoms with van der Waals surface area (Å²) >= 11 is 0. The van der Waals surface area contributed by atoms with Crippen molar-refractivity contribution in [2.45, 2.75) is 78.3 Å². The number of rotatable bonds is 5. The molecular weight excluding hydrogens is 260 g/mol. The van der Waals surface area contributed by atoms with E-state index in [-0.39, 0.29) is 5.92 Å². The van der Waals surface area contributed by atoms with Crippen molar-refractivity contribution in [1.29, 1.82) is 0 Å². The number of carbonyl (C=O) groups excluding carboxylic acids is 1. The molecule has 0 spiro atoms. The van der Waals surface area contributed by atoms with Gasteiger partial charge in [-0.15, -0.1) is 0 Å². The number of hydrogen-bond acceptors (Lipinski definition) is 2. The van der Waals surface area contributed by atoms with Gasteiger partial charge in [-0.05, 0) is 63.8 Å². The van der Waals surface area contributed by atoms with Crippen molar-refractivity contribution in [2.75, 3.05) is 13.6 Å². The number of likely N-dealkylation sites (N-methyl/N-ethyl adjacent to an activating group) is 1. The molecule has 1 amide bonds. The van der Waals surface area contributed by atoms with E-state index in [4.69, 9.17) is 0 Å². The molecule has 1 unspecified atom stereocenters. The van der Waals surface area contributed by atoms with E-state index in [1.165, 1.54) is 25.7 Å². The molecule has 0 radical (unpaired) electrons. The van der Waals surface area contributed by atoms with Crippen LogP contribution in [0.5, 0.6) is 0 Å². The van der Waals surface area contributed by atoms with Crippen molar-refractivity contribution in [3.63, 3.8) is 0 Å². The van der Waals surface area contributed by atoms with Gasteiger partial charge in [-0.1, -0.05) is 20.8 Å². The smallest absolute Gasteiger partial charge is 0.223 e. The SMILES string of the molecule is CC(CNC(=O)C1CCC(C(C)(C)C)CC1)N(C)C1CC1. The Hall–Kier alpha value is -0.570. The van der Waals surface area contributed by atoms with Gasteiger partial charge in [-0.25, -0.2) is 0 Å². The minimum atomic E-state index is 0.252. The molecule has 0 bridgehead atoms. The first-order valence-electron chi connectivity index (χ1n) is 8.78. The average molecular weight is 294 g/mol. The van der Waals surface area contributed by atoms with Crippen molar-refractivity contribution in [3.8, 4) is 0 Å². The van der Waals surface area contributed by atoms with Gasteiger partial charge in [0.25, 0.3) is 0 Å². The topological polar surface area (TPSA) is 32.3 Å². The summed E-state index contributed by atoms with van der Waals surface area (Å²) in [5, 5.41) is 3.19. The van der Waals surface area contributed by atoms with Crippen molar-refractivity contribution in [3.05, 3.63) is 0 Å². The summed E-state index contributed by atoms with van der Waals surface area (Å²) < 4.78 is 0. The second kappa shape index (κ2) is 6.68. The van der Waals surface area contributed by atoms with Crippen LogP contribution in [-0.2, 0) is 4.79 Å². The molecular formula is C18H34N2O. The molecule has 2 aliphatic carbocycles. The van der Waals surface area contributed by atoms with Gasteiger partial charge in [0, 0.05) is 24.5 Å². The fraction of sp³-hybridized carbons (Fsp3) is 0.944. The Kier molecular flexibility index (Phi) is 5.34. The Morgan fingerprint density at radius 1 is 1.14 bits per heavy atom. The second-order valence-electron chi connectivity index (χ2n) is 8.41. The Labute approximate surface area is 130 Å². The van der Waals surface area contributed by atoms with E-state index < -0.39 is 0 Å². The highest BCUT2D eigenvalue weighted by Crippen LogP contribution is 2.39. The zero-order chi connectivity index (χ0) is 15.6. The first-order valence-corrected chi connectivity index (χ1v) is 8.78. The molecule has 0 aromatic heterocycles. The molecule has 1 atom stereocenters. The highest BCUT2D eigenvalue weighted by Gasteiger charge is 2.33. The monoisotopic (exact) mass is 294 g/mol. The van der Waals surface area contributed by atoms with E-state index in [9.17, 15) is 4.79 Å². The van der Waals surface area contributed by atoms with Gasteiger partial charge in [0.05, 0.1) is 0 Å². The molecule has 0 aliphatic heterocycles. The fourth-order valence-corrected chi connectivity index (χ4v) is 3.60. The van der Waals surface area contributed by atoms with Crippen LogP contribution in [0.4, 0.5) is 0 Å². The highest BCUT2D eigenvalue weighted by atomic mass is 16.1. The molecule has 3 heteroatoms. The van der Waals surface area contributed by atoms with Crippen molar-refractivity contribution < 1.29 is 4.79 Å². The van der Waals surface area contributed by atoms with Crippen molar-refractivity contribution in [2.24, 2.45) is 17.3 Å². The van der Waals surface area contributed by atoms with E-state index in [2.05, 4.69) is 45.0 Å². The molecule has 2 rings (SSSR count). The molecule has 3 nitrogen and oxygen atoms in total. The first kappa shape index (κ1) is 16.8. The summed E-state index contributed by atoms with van der Waals surface area (Å²) in [6.07, 6.45) is 7.21. The van der Waals surface area contributed by atoms with E-state index in [1.807, 2.05) is 0 Å². The van der Waals surface area contributed by atoms with Crippen LogP contribution in [0, 0.1) is 17.3 Å².